The molecular formula is C23H28N4O5. The Morgan fingerprint density at radius 2 is 1.72 bits per heavy atom. The quantitative estimate of drug-likeness (QED) is 0.470. The zero-order valence-electron chi connectivity index (χ0n) is 18.8. The number of aromatic amines is 1. The van der Waals surface area contributed by atoms with Crippen LogP contribution >= 0.6 is 0 Å². The second-order valence-electron chi connectivity index (χ2n) is 7.34. The molecule has 2 amide bonds. The molecule has 9 heteroatoms. The molecule has 3 N–H and O–H groups in total. The van der Waals surface area contributed by atoms with Crippen molar-refractivity contribution >= 4 is 28.8 Å². The van der Waals surface area contributed by atoms with Crippen molar-refractivity contribution in [2.45, 2.75) is 26.3 Å². The van der Waals surface area contributed by atoms with Gasteiger partial charge in [0.15, 0.2) is 11.5 Å². The summed E-state index contributed by atoms with van der Waals surface area (Å²) in [6, 6.07) is 9.78. The number of imidazole rings is 1. The van der Waals surface area contributed by atoms with Crippen LogP contribution in [0.3, 0.4) is 0 Å². The molecule has 0 aliphatic heterocycles. The lowest BCUT2D eigenvalue weighted by Gasteiger charge is -2.23. The first kappa shape index (κ1) is 22.9. The van der Waals surface area contributed by atoms with Crippen molar-refractivity contribution in [2.75, 3.05) is 26.6 Å². The molecule has 0 unspecified atom stereocenters. The van der Waals surface area contributed by atoms with Crippen LogP contribution in [0.1, 0.15) is 30.6 Å². The first-order chi connectivity index (χ1) is 15.4. The summed E-state index contributed by atoms with van der Waals surface area (Å²) in [4.78, 5) is 33.5. The Hall–Kier alpha value is -3.75. The van der Waals surface area contributed by atoms with Gasteiger partial charge < -0.3 is 24.5 Å². The third-order valence-corrected chi connectivity index (χ3v) is 5.34. The molecule has 9 nitrogen and oxygen atoms in total. The van der Waals surface area contributed by atoms with Crippen molar-refractivity contribution in [3.8, 4) is 17.2 Å². The number of nitrogens with one attached hydrogen (secondary N) is 3. The van der Waals surface area contributed by atoms with E-state index in [0.717, 1.165) is 11.0 Å². The van der Waals surface area contributed by atoms with Gasteiger partial charge in [-0.25, -0.2) is 4.98 Å². The number of anilines is 1. The highest BCUT2D eigenvalue weighted by atomic mass is 16.5. The minimum absolute atomic E-state index is 0.120. The van der Waals surface area contributed by atoms with Crippen molar-refractivity contribution in [2.24, 2.45) is 5.92 Å². The molecule has 0 saturated heterocycles. The molecule has 0 fully saturated rings. The maximum Gasteiger partial charge on any atom is 0.252 e. The minimum atomic E-state index is -0.778. The molecule has 32 heavy (non-hydrogen) atoms. The van der Waals surface area contributed by atoms with E-state index in [1.807, 2.05) is 38.1 Å². The van der Waals surface area contributed by atoms with Gasteiger partial charge >= 0.3 is 0 Å². The topological polar surface area (TPSA) is 115 Å². The van der Waals surface area contributed by atoms with Crippen LogP contribution in [-0.2, 0) is 4.79 Å². The maximum absolute atomic E-state index is 13.0. The van der Waals surface area contributed by atoms with Gasteiger partial charge in [-0.15, -0.1) is 0 Å². The largest absolute Gasteiger partial charge is 0.493 e. The minimum Gasteiger partial charge on any atom is -0.493 e. The summed E-state index contributed by atoms with van der Waals surface area (Å²) in [6.45, 7) is 3.86. The monoisotopic (exact) mass is 440 g/mol. The first-order valence-electron chi connectivity index (χ1n) is 10.3. The molecule has 0 spiro atoms. The number of hydrogen-bond donors (Lipinski definition) is 3. The number of carbonyl (C=O) groups is 2. The Morgan fingerprint density at radius 3 is 2.28 bits per heavy atom. The van der Waals surface area contributed by atoms with E-state index in [1.54, 1.807) is 12.1 Å². The second-order valence-corrected chi connectivity index (χ2v) is 7.34. The van der Waals surface area contributed by atoms with Gasteiger partial charge in [-0.3, -0.25) is 14.9 Å². The van der Waals surface area contributed by atoms with E-state index in [0.29, 0.717) is 29.6 Å². The number of hydrogen-bond acceptors (Lipinski definition) is 6. The van der Waals surface area contributed by atoms with Crippen molar-refractivity contribution in [1.82, 2.24) is 15.3 Å². The summed E-state index contributed by atoms with van der Waals surface area (Å²) >= 11 is 0. The van der Waals surface area contributed by atoms with Crippen molar-refractivity contribution in [1.29, 1.82) is 0 Å². The number of H-pyrrole nitrogens is 1. The molecule has 2 aromatic carbocycles. The highest BCUT2D eigenvalue weighted by Gasteiger charge is 2.28. The van der Waals surface area contributed by atoms with E-state index in [-0.39, 0.29) is 17.4 Å². The van der Waals surface area contributed by atoms with E-state index < -0.39 is 11.9 Å². The number of carbonyl (C=O) groups excluding carboxylic acids is 2. The van der Waals surface area contributed by atoms with Gasteiger partial charge in [0.25, 0.3) is 5.91 Å². The fourth-order valence-corrected chi connectivity index (χ4v) is 3.35. The van der Waals surface area contributed by atoms with Crippen LogP contribution in [-0.4, -0.2) is 49.2 Å². The second kappa shape index (κ2) is 10.0. The Labute approximate surface area is 186 Å². The van der Waals surface area contributed by atoms with Crippen LogP contribution in [0.2, 0.25) is 0 Å². The third kappa shape index (κ3) is 4.77. The number of benzene rings is 2. The zero-order chi connectivity index (χ0) is 23.3. The van der Waals surface area contributed by atoms with Gasteiger partial charge in [0.05, 0.1) is 32.4 Å². The van der Waals surface area contributed by atoms with Gasteiger partial charge in [0.1, 0.15) is 6.04 Å². The average Bonchev–Trinajstić information content (AvgIpc) is 3.22. The average molecular weight is 441 g/mol. The number of aromatic nitrogens is 2. The molecule has 2 atom stereocenters. The smallest absolute Gasteiger partial charge is 0.252 e. The molecule has 3 aromatic rings. The Balaban J connectivity index is 1.83. The molecule has 3 rings (SSSR count). The van der Waals surface area contributed by atoms with Crippen molar-refractivity contribution in [3.05, 3.63) is 42.0 Å². The summed E-state index contributed by atoms with van der Waals surface area (Å²) in [5.74, 6) is 0.491. The summed E-state index contributed by atoms with van der Waals surface area (Å²) in [5.41, 5.74) is 1.83. The van der Waals surface area contributed by atoms with Crippen molar-refractivity contribution in [3.63, 3.8) is 0 Å². The summed E-state index contributed by atoms with van der Waals surface area (Å²) in [5, 5.41) is 5.61. The predicted octanol–water partition coefficient (Wildman–Crippen LogP) is 3.37. The number of amides is 2. The number of nitrogens with zero attached hydrogens (tertiary/aromatic N) is 1. The van der Waals surface area contributed by atoms with Crippen LogP contribution in [0.4, 0.5) is 5.95 Å². The molecule has 1 heterocycles. The number of rotatable bonds is 9. The van der Waals surface area contributed by atoms with Gasteiger partial charge in [-0.05, 0) is 30.2 Å². The van der Waals surface area contributed by atoms with Gasteiger partial charge in [0.2, 0.25) is 17.6 Å². The van der Waals surface area contributed by atoms with E-state index in [9.17, 15) is 9.59 Å². The van der Waals surface area contributed by atoms with Gasteiger partial charge in [-0.1, -0.05) is 32.4 Å². The number of methoxy groups -OCH3 is 3. The fraction of sp³-hybridized carbons (Fsp3) is 0.348. The normalized spacial score (nSPS) is 12.7. The molecular weight excluding hydrogens is 412 g/mol. The van der Waals surface area contributed by atoms with Crippen LogP contribution in [0.15, 0.2) is 36.4 Å². The highest BCUT2D eigenvalue weighted by molar-refractivity contribution is 6.01. The van der Waals surface area contributed by atoms with Crippen LogP contribution < -0.4 is 24.8 Å². The molecule has 0 saturated carbocycles. The standard InChI is InChI=1S/C23H28N4O5/c1-6-13(2)19(22(29)27-23-24-15-9-7-8-10-16(15)25-23)26-21(28)14-11-17(30-3)20(32-5)18(12-14)31-4/h7-13,19H,6H2,1-5H3,(H,26,28)(H2,24,25,27,29)/t13-,19-/m0/s1. The number of ether oxygens (including phenoxy) is 3. The lowest BCUT2D eigenvalue weighted by atomic mass is 9.98. The number of fused-ring (bicyclic) bond motifs is 1. The van der Waals surface area contributed by atoms with E-state index in [4.69, 9.17) is 14.2 Å². The molecule has 170 valence electrons. The van der Waals surface area contributed by atoms with Crippen LogP contribution in [0, 0.1) is 5.92 Å². The number of para-hydroxylation sites is 2. The van der Waals surface area contributed by atoms with Gasteiger partial charge in [-0.2, -0.15) is 0 Å². The molecule has 0 radical (unpaired) electrons. The highest BCUT2D eigenvalue weighted by Crippen LogP contribution is 2.38. The van der Waals surface area contributed by atoms with E-state index in [1.165, 1.54) is 21.3 Å². The predicted molar refractivity (Wildman–Crippen MR) is 122 cm³/mol. The summed E-state index contributed by atoms with van der Waals surface area (Å²) < 4.78 is 15.9. The lowest BCUT2D eigenvalue weighted by Crippen LogP contribution is -2.47. The molecule has 0 aliphatic rings. The Morgan fingerprint density at radius 1 is 1.06 bits per heavy atom. The molecule has 0 bridgehead atoms. The SMILES string of the molecule is CC[C@H](C)[C@H](NC(=O)c1cc(OC)c(OC)c(OC)c1)C(=O)Nc1nc2ccccc2[nH]1. The summed E-state index contributed by atoms with van der Waals surface area (Å²) in [7, 11) is 4.44. The first-order valence-corrected chi connectivity index (χ1v) is 10.3. The van der Waals surface area contributed by atoms with Crippen LogP contribution in [0.25, 0.3) is 11.0 Å². The van der Waals surface area contributed by atoms with Gasteiger partial charge in [0, 0.05) is 5.56 Å². The zero-order valence-corrected chi connectivity index (χ0v) is 18.8. The van der Waals surface area contributed by atoms with Crippen molar-refractivity contribution < 1.29 is 23.8 Å². The van der Waals surface area contributed by atoms with E-state index in [2.05, 4.69) is 20.6 Å². The Bertz CT molecular complexity index is 1050. The van der Waals surface area contributed by atoms with Crippen LogP contribution in [0.5, 0.6) is 17.2 Å². The fourth-order valence-electron chi connectivity index (χ4n) is 3.35. The maximum atomic E-state index is 13.0. The molecule has 1 aromatic heterocycles. The lowest BCUT2D eigenvalue weighted by molar-refractivity contribution is -0.119. The molecule has 0 aliphatic carbocycles. The third-order valence-electron chi connectivity index (χ3n) is 5.34. The summed E-state index contributed by atoms with van der Waals surface area (Å²) in [6.07, 6.45) is 0.688. The Kier molecular flexibility index (Phi) is 7.19. The van der Waals surface area contributed by atoms with E-state index >= 15 is 0 Å².